The van der Waals surface area contributed by atoms with Crippen molar-refractivity contribution in [1.29, 1.82) is 0 Å². The molecule has 3 rings (SSSR count). The molecule has 1 atom stereocenters. The van der Waals surface area contributed by atoms with Gasteiger partial charge in [0.05, 0.1) is 18.7 Å². The van der Waals surface area contributed by atoms with Gasteiger partial charge in [0.1, 0.15) is 5.75 Å². The molecule has 0 fully saturated rings. The molecular formula is C21H23N3O3. The predicted octanol–water partition coefficient (Wildman–Crippen LogP) is 2.57. The van der Waals surface area contributed by atoms with Gasteiger partial charge in [-0.1, -0.05) is 30.3 Å². The van der Waals surface area contributed by atoms with Gasteiger partial charge in [-0.2, -0.15) is 0 Å². The maximum atomic E-state index is 12.8. The van der Waals surface area contributed by atoms with Crippen LogP contribution in [0.25, 0.3) is 10.9 Å². The Balaban J connectivity index is 1.81. The second-order valence-electron chi connectivity index (χ2n) is 6.56. The molecule has 0 bridgehead atoms. The van der Waals surface area contributed by atoms with Crippen LogP contribution in [-0.4, -0.2) is 43.5 Å². The van der Waals surface area contributed by atoms with E-state index in [1.54, 1.807) is 13.2 Å². The van der Waals surface area contributed by atoms with E-state index >= 15 is 0 Å². The topological polar surface area (TPSA) is 74.4 Å². The maximum Gasteiger partial charge on any atom is 0.252 e. The van der Waals surface area contributed by atoms with Gasteiger partial charge < -0.3 is 19.9 Å². The monoisotopic (exact) mass is 365 g/mol. The minimum Gasteiger partial charge on any atom is -0.497 e. The number of pyridine rings is 1. The van der Waals surface area contributed by atoms with Crippen LogP contribution in [0.2, 0.25) is 0 Å². The van der Waals surface area contributed by atoms with Crippen LogP contribution < -0.4 is 15.6 Å². The first-order valence-electron chi connectivity index (χ1n) is 8.70. The minimum atomic E-state index is -0.293. The number of nitrogens with zero attached hydrogens (tertiary/aromatic N) is 1. The molecule has 1 unspecified atom stereocenters. The summed E-state index contributed by atoms with van der Waals surface area (Å²) >= 11 is 0. The summed E-state index contributed by atoms with van der Waals surface area (Å²) in [5.74, 6) is 0.521. The fourth-order valence-corrected chi connectivity index (χ4v) is 3.10. The van der Waals surface area contributed by atoms with E-state index in [9.17, 15) is 9.59 Å². The molecule has 0 radical (unpaired) electrons. The van der Waals surface area contributed by atoms with Crippen LogP contribution in [0.15, 0.2) is 59.4 Å². The molecule has 0 spiro atoms. The largest absolute Gasteiger partial charge is 0.497 e. The van der Waals surface area contributed by atoms with E-state index < -0.39 is 0 Å². The Labute approximate surface area is 157 Å². The predicted molar refractivity (Wildman–Crippen MR) is 106 cm³/mol. The van der Waals surface area contributed by atoms with E-state index in [-0.39, 0.29) is 17.5 Å². The zero-order chi connectivity index (χ0) is 19.4. The number of fused-ring (bicyclic) bond motifs is 1. The van der Waals surface area contributed by atoms with E-state index in [0.29, 0.717) is 17.6 Å². The number of carbonyl (C=O) groups excluding carboxylic acids is 1. The fraction of sp³-hybridized carbons (Fsp3) is 0.238. The lowest BCUT2D eigenvalue weighted by molar-refractivity contribution is 0.0943. The summed E-state index contributed by atoms with van der Waals surface area (Å²) in [6.07, 6.45) is 0. The number of H-pyrrole nitrogens is 1. The van der Waals surface area contributed by atoms with Crippen LogP contribution >= 0.6 is 0 Å². The number of rotatable bonds is 6. The van der Waals surface area contributed by atoms with Crippen LogP contribution in [0.1, 0.15) is 22.0 Å². The third kappa shape index (κ3) is 4.17. The Morgan fingerprint density at radius 1 is 1.15 bits per heavy atom. The summed E-state index contributed by atoms with van der Waals surface area (Å²) in [6.45, 7) is 0.416. The highest BCUT2D eigenvalue weighted by Crippen LogP contribution is 2.21. The molecule has 0 aliphatic heterocycles. The van der Waals surface area contributed by atoms with Crippen LogP contribution in [0, 0.1) is 0 Å². The van der Waals surface area contributed by atoms with Gasteiger partial charge in [0.15, 0.2) is 0 Å². The molecule has 1 heterocycles. The lowest BCUT2D eigenvalue weighted by Gasteiger charge is -2.25. The molecule has 27 heavy (non-hydrogen) atoms. The van der Waals surface area contributed by atoms with Gasteiger partial charge in [-0.15, -0.1) is 0 Å². The molecule has 6 nitrogen and oxygen atoms in total. The first-order valence-corrected chi connectivity index (χ1v) is 8.70. The van der Waals surface area contributed by atoms with Crippen molar-refractivity contribution in [3.63, 3.8) is 0 Å². The Bertz CT molecular complexity index is 993. The van der Waals surface area contributed by atoms with Crippen molar-refractivity contribution in [2.75, 3.05) is 27.7 Å². The molecule has 2 aromatic carbocycles. The van der Waals surface area contributed by atoms with Crippen molar-refractivity contribution in [1.82, 2.24) is 15.2 Å². The Morgan fingerprint density at radius 2 is 1.85 bits per heavy atom. The number of methoxy groups -OCH3 is 1. The second kappa shape index (κ2) is 8.05. The second-order valence-corrected chi connectivity index (χ2v) is 6.56. The summed E-state index contributed by atoms with van der Waals surface area (Å²) in [6, 6.07) is 16.4. The first kappa shape index (κ1) is 18.7. The Kier molecular flexibility index (Phi) is 5.57. The van der Waals surface area contributed by atoms with Gasteiger partial charge in [-0.05, 0) is 37.9 Å². The standard InChI is InChI=1S/C21H23N3O3/c1-24(2)19(14-8-10-15(27-3)11-9-14)13-22-21(26)17-12-20(25)23-18-7-5-4-6-16(17)18/h4-12,19H,13H2,1-3H3,(H,22,26)(H,23,25). The molecule has 0 saturated carbocycles. The lowest BCUT2D eigenvalue weighted by atomic mass is 10.0. The number of hydrogen-bond donors (Lipinski definition) is 2. The lowest BCUT2D eigenvalue weighted by Crippen LogP contribution is -2.35. The van der Waals surface area contributed by atoms with Gasteiger partial charge in [0.25, 0.3) is 5.91 Å². The number of likely N-dealkylation sites (N-methyl/N-ethyl adjacent to an activating group) is 1. The summed E-state index contributed by atoms with van der Waals surface area (Å²) in [7, 11) is 5.55. The average Bonchev–Trinajstić information content (AvgIpc) is 2.67. The molecule has 0 aliphatic carbocycles. The molecule has 140 valence electrons. The van der Waals surface area contributed by atoms with Gasteiger partial charge in [0, 0.05) is 23.5 Å². The maximum absolute atomic E-state index is 12.8. The highest BCUT2D eigenvalue weighted by atomic mass is 16.5. The number of ether oxygens (including phenoxy) is 1. The molecule has 1 aromatic heterocycles. The van der Waals surface area contributed by atoms with E-state index in [0.717, 1.165) is 16.7 Å². The summed E-state index contributed by atoms with van der Waals surface area (Å²) in [4.78, 5) is 29.4. The van der Waals surface area contributed by atoms with Crippen LogP contribution in [0.3, 0.4) is 0 Å². The van der Waals surface area contributed by atoms with E-state index in [2.05, 4.69) is 10.3 Å². The fourth-order valence-electron chi connectivity index (χ4n) is 3.10. The highest BCUT2D eigenvalue weighted by molar-refractivity contribution is 6.05. The van der Waals surface area contributed by atoms with Crippen molar-refractivity contribution in [3.8, 4) is 5.75 Å². The number of nitrogens with one attached hydrogen (secondary N) is 2. The van der Waals surface area contributed by atoms with Gasteiger partial charge in [-0.25, -0.2) is 0 Å². The molecule has 2 N–H and O–H groups in total. The number of benzene rings is 2. The molecule has 0 aliphatic rings. The first-order chi connectivity index (χ1) is 13.0. The average molecular weight is 365 g/mol. The zero-order valence-corrected chi connectivity index (χ0v) is 15.7. The van der Waals surface area contributed by atoms with Crippen molar-refractivity contribution < 1.29 is 9.53 Å². The van der Waals surface area contributed by atoms with E-state index in [1.165, 1.54) is 6.07 Å². The number of aromatic nitrogens is 1. The van der Waals surface area contributed by atoms with E-state index in [4.69, 9.17) is 4.74 Å². The van der Waals surface area contributed by atoms with E-state index in [1.807, 2.05) is 61.5 Å². The van der Waals surface area contributed by atoms with Crippen molar-refractivity contribution in [2.24, 2.45) is 0 Å². The third-order valence-electron chi connectivity index (χ3n) is 4.58. The number of amides is 1. The molecule has 1 amide bonds. The highest BCUT2D eigenvalue weighted by Gasteiger charge is 2.17. The molecule has 3 aromatic rings. The Hall–Kier alpha value is -3.12. The molecular weight excluding hydrogens is 342 g/mol. The number of carbonyl (C=O) groups is 1. The summed E-state index contributed by atoms with van der Waals surface area (Å²) in [5.41, 5.74) is 1.80. The summed E-state index contributed by atoms with van der Waals surface area (Å²) in [5, 5.41) is 3.68. The normalized spacial score (nSPS) is 12.1. The SMILES string of the molecule is COc1ccc(C(CNC(=O)c2cc(=O)[nH]c3ccccc23)N(C)C)cc1. The Morgan fingerprint density at radius 3 is 2.52 bits per heavy atom. The van der Waals surface area contributed by atoms with Crippen molar-refractivity contribution in [2.45, 2.75) is 6.04 Å². The zero-order valence-electron chi connectivity index (χ0n) is 15.7. The third-order valence-corrected chi connectivity index (χ3v) is 4.58. The van der Waals surface area contributed by atoms with Crippen molar-refractivity contribution in [3.05, 3.63) is 76.1 Å². The quantitative estimate of drug-likeness (QED) is 0.704. The number of aromatic amines is 1. The smallest absolute Gasteiger partial charge is 0.252 e. The van der Waals surface area contributed by atoms with Gasteiger partial charge >= 0.3 is 0 Å². The van der Waals surface area contributed by atoms with Gasteiger partial charge in [0.2, 0.25) is 5.56 Å². The van der Waals surface area contributed by atoms with Crippen LogP contribution in [0.4, 0.5) is 0 Å². The molecule has 6 heteroatoms. The minimum absolute atomic E-state index is 0.00637. The number of hydrogen-bond acceptors (Lipinski definition) is 4. The molecule has 0 saturated heterocycles. The van der Waals surface area contributed by atoms with Crippen molar-refractivity contribution >= 4 is 16.8 Å². The van der Waals surface area contributed by atoms with Gasteiger partial charge in [-0.3, -0.25) is 9.59 Å². The summed E-state index contributed by atoms with van der Waals surface area (Å²) < 4.78 is 5.20. The number of para-hydroxylation sites is 1. The van der Waals surface area contributed by atoms with Crippen LogP contribution in [-0.2, 0) is 0 Å². The van der Waals surface area contributed by atoms with Crippen LogP contribution in [0.5, 0.6) is 5.75 Å².